The molecule has 96 heavy (non-hydrogen) atoms. The van der Waals surface area contributed by atoms with Gasteiger partial charge < -0.3 is 33.6 Å². The molecule has 6 heterocycles. The molecule has 3 aliphatic heterocycles. The summed E-state index contributed by atoms with van der Waals surface area (Å²) in [7, 11) is 10.3. The summed E-state index contributed by atoms with van der Waals surface area (Å²) in [5.74, 6) is -0.00757. The van der Waals surface area contributed by atoms with Crippen LogP contribution in [-0.4, -0.2) is 134 Å². The normalized spacial score (nSPS) is 12.1. The molecule has 3 aliphatic rings. The van der Waals surface area contributed by atoms with Gasteiger partial charge in [0.05, 0.1) is 52.6 Å². The predicted molar refractivity (Wildman–Crippen MR) is 425 cm³/mol. The van der Waals surface area contributed by atoms with Gasteiger partial charge in [-0.15, -0.1) is 23.2 Å². The molecule has 0 fully saturated rings. The number of nitrogens with zero attached hydrogens (tertiary/aromatic N) is 5. The third kappa shape index (κ3) is 26.5. The number of H-pyrrole nitrogens is 1. The summed E-state index contributed by atoms with van der Waals surface area (Å²) in [6.07, 6.45) is 3.23. The Hall–Kier alpha value is -5.75. The fourth-order valence-corrected chi connectivity index (χ4v) is 12.6. The van der Waals surface area contributed by atoms with E-state index in [0.717, 1.165) is 77.6 Å². The molecule has 0 aliphatic carbocycles. The number of para-hydroxylation sites is 3. The van der Waals surface area contributed by atoms with Crippen molar-refractivity contribution in [2.45, 2.75) is 149 Å². The summed E-state index contributed by atoms with van der Waals surface area (Å²) in [5.41, 5.74) is 13.7. The third-order valence-corrected chi connectivity index (χ3v) is 17.7. The largest absolute Gasteiger partial charge is 0.465 e. The van der Waals surface area contributed by atoms with Gasteiger partial charge in [0.2, 0.25) is 0 Å². The number of carbonyl (C=O) groups is 3. The van der Waals surface area contributed by atoms with Gasteiger partial charge in [-0.05, 0) is 134 Å². The summed E-state index contributed by atoms with van der Waals surface area (Å²) in [6.45, 7) is 30.2. The number of aromatic nitrogens is 3. The van der Waals surface area contributed by atoms with Crippen molar-refractivity contribution in [1.29, 1.82) is 0 Å². The number of esters is 2. The minimum absolute atomic E-state index is 0. The number of amides is 1. The van der Waals surface area contributed by atoms with E-state index in [-0.39, 0.29) is 19.4 Å². The van der Waals surface area contributed by atoms with Gasteiger partial charge in [-0.2, -0.15) is 0 Å². The van der Waals surface area contributed by atoms with Gasteiger partial charge in [0.25, 0.3) is 5.91 Å². The number of alkyl halides is 2. The van der Waals surface area contributed by atoms with E-state index in [0.29, 0.717) is 28.5 Å². The number of hydroxylamine groups is 1. The number of thiocarbonyl (C=S) groups is 1. The number of methoxy groups -OCH3 is 2. The smallest absolute Gasteiger partial charge is 0.337 e. The summed E-state index contributed by atoms with van der Waals surface area (Å²) >= 11 is 20.7. The van der Waals surface area contributed by atoms with E-state index in [1.165, 1.54) is 85.9 Å². The van der Waals surface area contributed by atoms with Gasteiger partial charge in [-0.1, -0.05) is 193 Å². The Morgan fingerprint density at radius 1 is 0.531 bits per heavy atom. The summed E-state index contributed by atoms with van der Waals surface area (Å²) in [5, 5.41) is 19.7. The Morgan fingerprint density at radius 3 is 1.27 bits per heavy atom. The zero-order chi connectivity index (χ0) is 71.6. The van der Waals surface area contributed by atoms with Gasteiger partial charge >= 0.3 is 11.9 Å². The average molecular weight is 1530 g/mol. The van der Waals surface area contributed by atoms with Crippen LogP contribution in [0.5, 0.6) is 0 Å². The molecule has 12 rings (SSSR count). The van der Waals surface area contributed by atoms with Crippen molar-refractivity contribution >= 4 is 135 Å². The van der Waals surface area contributed by atoms with Crippen molar-refractivity contribution in [1.82, 2.24) is 34.3 Å². The Kier molecular flexibility index (Phi) is 48.4. The first-order valence-electron chi connectivity index (χ1n) is 32.6. The van der Waals surface area contributed by atoms with E-state index in [1.807, 2.05) is 119 Å². The van der Waals surface area contributed by atoms with Crippen LogP contribution in [0.1, 0.15) is 150 Å². The van der Waals surface area contributed by atoms with Crippen LogP contribution in [0, 0.1) is 0 Å². The van der Waals surface area contributed by atoms with E-state index < -0.39 is 5.91 Å². The number of hydrogen-bond acceptors (Lipinski definition) is 13. The molecule has 3 aromatic heterocycles. The fraction of sp³-hybridized carbons (Fsp3) is 0.395. The van der Waals surface area contributed by atoms with E-state index >= 15 is 0 Å². The minimum Gasteiger partial charge on any atom is -0.465 e. The second kappa shape index (κ2) is 51.4. The Bertz CT molecular complexity index is 3480. The van der Waals surface area contributed by atoms with Crippen molar-refractivity contribution < 1.29 is 34.2 Å². The summed E-state index contributed by atoms with van der Waals surface area (Å²) in [6, 6.07) is 47.6. The van der Waals surface area contributed by atoms with Crippen molar-refractivity contribution in [3.63, 3.8) is 0 Å². The molecule has 0 saturated carbocycles. The van der Waals surface area contributed by atoms with Gasteiger partial charge in [-0.3, -0.25) is 19.8 Å². The summed E-state index contributed by atoms with van der Waals surface area (Å²) in [4.78, 5) is 49.5. The number of benzene rings is 6. The Morgan fingerprint density at radius 2 is 0.885 bits per heavy atom. The van der Waals surface area contributed by atoms with Crippen molar-refractivity contribution in [2.24, 2.45) is 0 Å². The van der Waals surface area contributed by atoms with Crippen LogP contribution in [0.2, 0.25) is 0 Å². The minimum atomic E-state index is -0.494. The molecular weight excluding hydrogens is 1420 g/mol. The number of aromatic amines is 1. The zero-order valence-corrected chi connectivity index (χ0v) is 65.3. The highest BCUT2D eigenvalue weighted by atomic mass is 127. The second-order valence-corrected chi connectivity index (χ2v) is 24.5. The van der Waals surface area contributed by atoms with Crippen LogP contribution in [0.15, 0.2) is 165 Å². The lowest BCUT2D eigenvalue weighted by atomic mass is 10.1. The molecule has 1 amide bonds. The van der Waals surface area contributed by atoms with E-state index in [2.05, 4.69) is 150 Å². The van der Waals surface area contributed by atoms with E-state index in [9.17, 15) is 14.4 Å². The second-order valence-electron chi connectivity index (χ2n) is 19.4. The number of aliphatic hydroxyl groups is 1. The first-order valence-corrected chi connectivity index (χ1v) is 36.8. The third-order valence-electron chi connectivity index (χ3n) is 13.9. The highest BCUT2D eigenvalue weighted by Gasteiger charge is 2.24. The molecular formula is C76H108Cl2IN7O7S3. The van der Waals surface area contributed by atoms with Gasteiger partial charge in [-0.25, -0.2) is 15.1 Å². The first-order chi connectivity index (χ1) is 46.2. The van der Waals surface area contributed by atoms with Crippen molar-refractivity contribution in [3.05, 3.63) is 190 Å². The highest BCUT2D eigenvalue weighted by Crippen LogP contribution is 2.42. The number of nitrogens with one attached hydrogen (secondary N) is 2. The SMILES string of the molecule is C.CC.CC.CC.CC.CC.CC.CN1CCc2[nH]c3ccccc3c2C1.CN1CCc2c(Sc3ccc(C(=O)NO)cc3)c3ccccc3n2C1.CO.COC(=O)c1ccc(C(=S)I)cc1.COC(=O)c1ccc(Sc2c3n(c4ccccc24)CN(C)CC3)cc1.ClCCCl. The molecule has 14 nitrogen and oxygen atoms in total. The number of hydrogen-bond donors (Lipinski definition) is 4. The molecule has 0 radical (unpaired) electrons. The zero-order valence-electron chi connectivity index (χ0n) is 59.2. The molecule has 4 N–H and O–H groups in total. The van der Waals surface area contributed by atoms with Crippen LogP contribution < -0.4 is 5.48 Å². The first kappa shape index (κ1) is 90.2. The molecule has 9 aromatic rings. The lowest BCUT2D eigenvalue weighted by molar-refractivity contribution is 0.0592. The number of fused-ring (bicyclic) bond motifs is 9. The lowest BCUT2D eigenvalue weighted by Crippen LogP contribution is -2.30. The maximum Gasteiger partial charge on any atom is 0.337 e. The predicted octanol–water partition coefficient (Wildman–Crippen LogP) is 20.0. The van der Waals surface area contributed by atoms with Crippen LogP contribution in [-0.2, 0) is 48.6 Å². The monoisotopic (exact) mass is 1520 g/mol. The molecule has 0 atom stereocenters. The van der Waals surface area contributed by atoms with Crippen molar-refractivity contribution in [3.8, 4) is 0 Å². The molecule has 0 saturated heterocycles. The van der Waals surface area contributed by atoms with Crippen LogP contribution >= 0.6 is 81.5 Å². The standard InChI is InChI=1S/C20H20N2O2S.C19H19N3O2S.C12H14N2.C9H7IO2S.C2H4Cl2.6C2H6.CH4O.CH4/c1-21-12-11-18-19(16-5-3-4-6-17(16)22(18)13-21)25-15-9-7-14(8-10-15)20(23)24-2;1-21-11-10-17-18(15-4-2-3-5-16(15)22(17)12-21)25-14-8-6-13(7-9-14)19(23)20-24;1-14-7-6-12-10(8-14)9-4-2-3-5-11(9)13-12;1-12-9(11)7-4-2-6(3-5-7)8(10)13;3-1-2-4;7*1-2;/h3-10H,11-13H2,1-2H3;2-9,24H,10-12H2,1H3,(H,20,23);2-5,13H,6-8H2,1H3;2-5H,1H3;1-2H2;6*1-2H3;2H,1H3;1H4. The molecule has 20 heteroatoms. The van der Waals surface area contributed by atoms with Crippen LogP contribution in [0.25, 0.3) is 32.7 Å². The maximum atomic E-state index is 11.6. The number of halogens is 3. The lowest BCUT2D eigenvalue weighted by Gasteiger charge is -2.26. The van der Waals surface area contributed by atoms with Gasteiger partial charge in [0, 0.05) is 128 Å². The van der Waals surface area contributed by atoms with Gasteiger partial charge in [0.15, 0.2) is 0 Å². The fourth-order valence-electron chi connectivity index (χ4n) is 9.82. The molecule has 6 aromatic carbocycles. The van der Waals surface area contributed by atoms with Gasteiger partial charge in [0.1, 0.15) is 0 Å². The highest BCUT2D eigenvalue weighted by molar-refractivity contribution is 14.1. The number of carbonyl (C=O) groups excluding carboxylic acids is 3. The van der Waals surface area contributed by atoms with E-state index in [4.69, 9.17) is 50.5 Å². The Labute approximate surface area is 612 Å². The molecule has 528 valence electrons. The molecule has 0 spiro atoms. The average Bonchev–Trinajstić information content (AvgIpc) is 1.62. The number of rotatable bonds is 9. The maximum absolute atomic E-state index is 11.6. The number of ether oxygens (including phenoxy) is 2. The Balaban J connectivity index is 0.00000119. The van der Waals surface area contributed by atoms with Crippen LogP contribution in [0.4, 0.5) is 0 Å². The van der Waals surface area contributed by atoms with E-state index in [1.54, 1.807) is 65.4 Å². The topological polar surface area (TPSA) is 158 Å². The number of likely N-dealkylation sites (N-methyl/N-ethyl adjacent to an activating group) is 3. The molecule has 0 bridgehead atoms. The van der Waals surface area contributed by atoms with Crippen molar-refractivity contribution in [2.75, 3.05) is 73.9 Å². The van der Waals surface area contributed by atoms with Crippen LogP contribution in [0.3, 0.4) is 0 Å². The molecule has 0 unspecified atom stereocenters. The summed E-state index contributed by atoms with van der Waals surface area (Å²) < 4.78 is 14.9. The number of aliphatic hydroxyl groups excluding tert-OH is 1. The quantitative estimate of drug-likeness (QED) is 0.0206.